The Labute approximate surface area is 188 Å². The number of carbonyl (C=O) groups is 2. The molecule has 0 radical (unpaired) electrons. The maximum Gasteiger partial charge on any atom is 0.251 e. The molecule has 7 nitrogen and oxygen atoms in total. The number of anilines is 1. The number of benzene rings is 2. The average Bonchev–Trinajstić information content (AvgIpc) is 3.38. The molecule has 0 saturated carbocycles. The molecule has 7 heteroatoms. The summed E-state index contributed by atoms with van der Waals surface area (Å²) in [4.78, 5) is 31.7. The maximum atomic E-state index is 13.1. The number of nitrogens with zero attached hydrogens (tertiary/aromatic N) is 3. The zero-order chi connectivity index (χ0) is 22.2. The molecule has 0 aliphatic carbocycles. The molecule has 32 heavy (non-hydrogen) atoms. The van der Waals surface area contributed by atoms with Gasteiger partial charge in [0.1, 0.15) is 0 Å². The second kappa shape index (κ2) is 8.56. The molecular weight excluding hydrogens is 406 g/mol. The Bertz CT molecular complexity index is 1010. The van der Waals surface area contributed by atoms with Crippen LogP contribution in [-0.4, -0.2) is 60.6 Å². The number of hydrogen-bond acceptors (Lipinski definition) is 6. The van der Waals surface area contributed by atoms with E-state index in [9.17, 15) is 9.59 Å². The molecule has 2 aromatic carbocycles. The molecule has 2 fully saturated rings. The van der Waals surface area contributed by atoms with Gasteiger partial charge < -0.3 is 9.47 Å². The fourth-order valence-corrected chi connectivity index (χ4v) is 4.71. The van der Waals surface area contributed by atoms with Crippen LogP contribution in [0.2, 0.25) is 0 Å². The van der Waals surface area contributed by atoms with Gasteiger partial charge in [0, 0.05) is 32.7 Å². The lowest BCUT2D eigenvalue weighted by Gasteiger charge is -2.37. The van der Waals surface area contributed by atoms with Crippen molar-refractivity contribution in [1.29, 1.82) is 0 Å². The van der Waals surface area contributed by atoms with Crippen molar-refractivity contribution in [3.8, 4) is 11.5 Å². The predicted octanol–water partition coefficient (Wildman–Crippen LogP) is 2.99. The van der Waals surface area contributed by atoms with Gasteiger partial charge in [0.15, 0.2) is 11.5 Å². The minimum Gasteiger partial charge on any atom is -0.454 e. The highest BCUT2D eigenvalue weighted by Gasteiger charge is 2.43. The molecule has 1 atom stereocenters. The maximum absolute atomic E-state index is 13.1. The summed E-state index contributed by atoms with van der Waals surface area (Å²) in [6, 6.07) is 13.5. The van der Waals surface area contributed by atoms with Crippen molar-refractivity contribution in [2.24, 2.45) is 0 Å². The summed E-state index contributed by atoms with van der Waals surface area (Å²) in [5.74, 6) is 1.80. The molecule has 0 spiro atoms. The number of hydrogen-bond donors (Lipinski definition) is 0. The number of fused-ring (bicyclic) bond motifs is 1. The molecule has 2 aromatic rings. The van der Waals surface area contributed by atoms with E-state index in [1.54, 1.807) is 0 Å². The van der Waals surface area contributed by atoms with E-state index in [0.717, 1.165) is 44.2 Å². The quantitative estimate of drug-likeness (QED) is 0.673. The van der Waals surface area contributed by atoms with Crippen LogP contribution < -0.4 is 14.4 Å². The molecule has 2 saturated heterocycles. The lowest BCUT2D eigenvalue weighted by Crippen LogP contribution is -2.52. The van der Waals surface area contributed by atoms with Crippen molar-refractivity contribution in [1.82, 2.24) is 9.80 Å². The molecule has 3 aliphatic heterocycles. The second-order valence-corrected chi connectivity index (χ2v) is 9.03. The van der Waals surface area contributed by atoms with E-state index in [-0.39, 0.29) is 31.1 Å². The van der Waals surface area contributed by atoms with Gasteiger partial charge in [0.2, 0.25) is 12.7 Å². The minimum atomic E-state index is -0.361. The van der Waals surface area contributed by atoms with E-state index >= 15 is 0 Å². The van der Waals surface area contributed by atoms with Crippen LogP contribution in [0.15, 0.2) is 42.5 Å². The molecule has 0 N–H and O–H groups in total. The first-order valence-corrected chi connectivity index (χ1v) is 11.3. The summed E-state index contributed by atoms with van der Waals surface area (Å²) < 4.78 is 10.9. The molecule has 3 aliphatic rings. The van der Waals surface area contributed by atoms with Crippen LogP contribution in [0.25, 0.3) is 0 Å². The molecule has 168 valence electrons. The van der Waals surface area contributed by atoms with E-state index < -0.39 is 0 Å². The van der Waals surface area contributed by atoms with Crippen LogP contribution in [0.4, 0.5) is 5.69 Å². The van der Waals surface area contributed by atoms with Gasteiger partial charge in [-0.2, -0.15) is 0 Å². The largest absolute Gasteiger partial charge is 0.454 e. The fraction of sp³-hybridized carbons (Fsp3) is 0.440. The van der Waals surface area contributed by atoms with Gasteiger partial charge in [-0.05, 0) is 41.3 Å². The Morgan fingerprint density at radius 1 is 0.938 bits per heavy atom. The molecule has 0 unspecified atom stereocenters. The standard InChI is InChI=1S/C25H29N3O4/c1-17(2)19-4-6-20(7-5-19)28-24(29)14-21(25(28)30)27-11-9-26(10-12-27)15-18-3-8-22-23(13-18)32-16-31-22/h3-8,13,17,21H,9-12,14-16H2,1-2H3/t21-/m1/s1. The van der Waals surface area contributed by atoms with Crippen molar-refractivity contribution in [3.63, 3.8) is 0 Å². The normalized spacial score (nSPS) is 21.7. The van der Waals surface area contributed by atoms with Gasteiger partial charge in [-0.25, -0.2) is 4.90 Å². The predicted molar refractivity (Wildman–Crippen MR) is 121 cm³/mol. The first kappa shape index (κ1) is 21.0. The average molecular weight is 436 g/mol. The van der Waals surface area contributed by atoms with E-state index in [1.165, 1.54) is 16.0 Å². The summed E-state index contributed by atoms with van der Waals surface area (Å²) in [6.07, 6.45) is 0.257. The number of rotatable bonds is 5. The highest BCUT2D eigenvalue weighted by atomic mass is 16.7. The smallest absolute Gasteiger partial charge is 0.251 e. The molecular formula is C25H29N3O4. The number of carbonyl (C=O) groups excluding carboxylic acids is 2. The highest BCUT2D eigenvalue weighted by molar-refractivity contribution is 6.22. The van der Waals surface area contributed by atoms with Gasteiger partial charge in [-0.3, -0.25) is 19.4 Å². The van der Waals surface area contributed by atoms with Gasteiger partial charge in [-0.15, -0.1) is 0 Å². The Kier molecular flexibility index (Phi) is 5.61. The second-order valence-electron chi connectivity index (χ2n) is 9.03. The van der Waals surface area contributed by atoms with E-state index in [1.807, 2.05) is 36.4 Å². The number of piperazine rings is 1. The van der Waals surface area contributed by atoms with Crippen molar-refractivity contribution in [2.45, 2.75) is 38.8 Å². The van der Waals surface area contributed by atoms with Crippen molar-refractivity contribution >= 4 is 17.5 Å². The van der Waals surface area contributed by atoms with Crippen molar-refractivity contribution in [2.75, 3.05) is 37.9 Å². The SMILES string of the molecule is CC(C)c1ccc(N2C(=O)C[C@@H](N3CCN(Cc4ccc5c(c4)OCO5)CC3)C2=O)cc1. The number of ether oxygens (including phenoxy) is 2. The van der Waals surface area contributed by atoms with Gasteiger partial charge >= 0.3 is 0 Å². The number of imide groups is 1. The Balaban J connectivity index is 1.19. The van der Waals surface area contributed by atoms with E-state index in [0.29, 0.717) is 11.6 Å². The first-order valence-electron chi connectivity index (χ1n) is 11.3. The molecule has 5 rings (SSSR count). The lowest BCUT2D eigenvalue weighted by atomic mass is 10.0. The monoisotopic (exact) mass is 435 g/mol. The lowest BCUT2D eigenvalue weighted by molar-refractivity contribution is -0.123. The summed E-state index contributed by atoms with van der Waals surface area (Å²) in [7, 11) is 0. The topological polar surface area (TPSA) is 62.3 Å². The third-order valence-electron chi connectivity index (χ3n) is 6.63. The third-order valence-corrected chi connectivity index (χ3v) is 6.63. The zero-order valence-corrected chi connectivity index (χ0v) is 18.6. The molecule has 3 heterocycles. The number of amides is 2. The summed E-state index contributed by atoms with van der Waals surface area (Å²) in [5.41, 5.74) is 3.06. The highest BCUT2D eigenvalue weighted by Crippen LogP contribution is 2.33. The first-order chi connectivity index (χ1) is 15.5. The van der Waals surface area contributed by atoms with Crippen LogP contribution in [0.1, 0.15) is 37.3 Å². The third kappa shape index (κ3) is 3.98. The molecule has 0 bridgehead atoms. The van der Waals surface area contributed by atoms with E-state index in [2.05, 4.69) is 29.7 Å². The minimum absolute atomic E-state index is 0.100. The summed E-state index contributed by atoms with van der Waals surface area (Å²) in [6.45, 7) is 8.63. The summed E-state index contributed by atoms with van der Waals surface area (Å²) in [5, 5.41) is 0. The molecule has 2 amide bonds. The molecule has 0 aromatic heterocycles. The van der Waals surface area contributed by atoms with Crippen molar-refractivity contribution < 1.29 is 19.1 Å². The Morgan fingerprint density at radius 3 is 2.38 bits per heavy atom. The summed E-state index contributed by atoms with van der Waals surface area (Å²) >= 11 is 0. The van der Waals surface area contributed by atoms with Crippen molar-refractivity contribution in [3.05, 3.63) is 53.6 Å². The Morgan fingerprint density at radius 2 is 1.66 bits per heavy atom. The zero-order valence-electron chi connectivity index (χ0n) is 18.6. The fourth-order valence-electron chi connectivity index (χ4n) is 4.71. The van der Waals surface area contributed by atoms with Crippen LogP contribution >= 0.6 is 0 Å². The van der Waals surface area contributed by atoms with Gasteiger partial charge in [-0.1, -0.05) is 32.0 Å². The van der Waals surface area contributed by atoms with Crippen LogP contribution in [-0.2, 0) is 16.1 Å². The van der Waals surface area contributed by atoms with E-state index in [4.69, 9.17) is 9.47 Å². The van der Waals surface area contributed by atoms with Crippen LogP contribution in [0.3, 0.4) is 0 Å². The van der Waals surface area contributed by atoms with Crippen LogP contribution in [0.5, 0.6) is 11.5 Å². The van der Waals surface area contributed by atoms with Gasteiger partial charge in [0.25, 0.3) is 5.91 Å². The van der Waals surface area contributed by atoms with Gasteiger partial charge in [0.05, 0.1) is 18.2 Å². The Hall–Kier alpha value is -2.90. The van der Waals surface area contributed by atoms with Crippen LogP contribution in [0, 0.1) is 0 Å².